The summed E-state index contributed by atoms with van der Waals surface area (Å²) in [5, 5.41) is 20.3. The molecule has 1 aromatic heterocycles. The van der Waals surface area contributed by atoms with Gasteiger partial charge in [0.25, 0.3) is 5.56 Å². The number of ether oxygens (including phenoxy) is 1. The molecule has 0 spiro atoms. The van der Waals surface area contributed by atoms with Crippen LogP contribution in [0.2, 0.25) is 0 Å². The number of nitrogens with zero attached hydrogens (tertiary/aromatic N) is 1. The average Bonchev–Trinajstić information content (AvgIpc) is 2.68. The van der Waals surface area contributed by atoms with Crippen LogP contribution in [0.25, 0.3) is 0 Å². The van der Waals surface area contributed by atoms with E-state index in [2.05, 4.69) is 24.6 Å². The van der Waals surface area contributed by atoms with Gasteiger partial charge in [0.2, 0.25) is 0 Å². The van der Waals surface area contributed by atoms with E-state index in [0.717, 1.165) is 10.7 Å². The second kappa shape index (κ2) is 6.16. The summed E-state index contributed by atoms with van der Waals surface area (Å²) < 4.78 is 6.79. The van der Waals surface area contributed by atoms with Crippen molar-refractivity contribution in [3.8, 4) is 0 Å². The molecule has 22 heavy (non-hydrogen) atoms. The summed E-state index contributed by atoms with van der Waals surface area (Å²) in [4.78, 5) is 25.5. The van der Waals surface area contributed by atoms with E-state index in [9.17, 15) is 19.8 Å². The molecule has 1 aromatic rings. The summed E-state index contributed by atoms with van der Waals surface area (Å²) in [6, 6.07) is 0. The van der Waals surface area contributed by atoms with Crippen molar-refractivity contribution in [2.75, 3.05) is 19.5 Å². The first-order valence-corrected chi connectivity index (χ1v) is 10.2. The average molecular weight is 330 g/mol. The summed E-state index contributed by atoms with van der Waals surface area (Å²) in [6.45, 7) is 4.45. The lowest BCUT2D eigenvalue weighted by molar-refractivity contribution is -0.0403. The summed E-state index contributed by atoms with van der Waals surface area (Å²) in [5.74, 6) is 0. The van der Waals surface area contributed by atoms with Crippen LogP contribution in [0.4, 0.5) is 0 Å². The molecule has 1 unspecified atom stereocenters. The van der Waals surface area contributed by atoms with Gasteiger partial charge in [0.1, 0.15) is 12.2 Å². The van der Waals surface area contributed by atoms with Crippen molar-refractivity contribution in [3.63, 3.8) is 0 Å². The molecular formula is C14H23N2O5P. The Balaban J connectivity index is 2.23. The summed E-state index contributed by atoms with van der Waals surface area (Å²) in [7, 11) is 0. The Morgan fingerprint density at radius 3 is 2.59 bits per heavy atom. The lowest BCUT2D eigenvalue weighted by Crippen LogP contribution is -2.38. The highest BCUT2D eigenvalue weighted by Crippen LogP contribution is 2.39. The zero-order valence-corrected chi connectivity index (χ0v) is 13.9. The van der Waals surface area contributed by atoms with Gasteiger partial charge in [-0.15, -0.1) is 13.2 Å². The van der Waals surface area contributed by atoms with Crippen LogP contribution >= 0.6 is 6.89 Å². The van der Waals surface area contributed by atoms with Crippen LogP contribution in [0.3, 0.4) is 0 Å². The number of aromatic amines is 1. The van der Waals surface area contributed by atoms with Gasteiger partial charge in [-0.3, -0.25) is 14.3 Å². The molecule has 1 saturated heterocycles. The molecule has 0 bridgehead atoms. The highest BCUT2D eigenvalue weighted by atomic mass is 31.2. The Hall–Kier alpha value is -1.14. The quantitative estimate of drug-likeness (QED) is 0.650. The molecule has 4 atom stereocenters. The van der Waals surface area contributed by atoms with Crippen molar-refractivity contribution in [2.45, 2.75) is 37.9 Å². The number of aliphatic hydroxyl groups excluding tert-OH is 2. The van der Waals surface area contributed by atoms with E-state index in [1.807, 2.05) is 0 Å². The van der Waals surface area contributed by atoms with Gasteiger partial charge in [-0.05, 0) is 32.8 Å². The smallest absolute Gasteiger partial charge is 0.330 e. The number of aromatic nitrogens is 2. The van der Waals surface area contributed by atoms with Crippen molar-refractivity contribution in [1.29, 1.82) is 0 Å². The molecule has 8 heteroatoms. The Morgan fingerprint density at radius 1 is 1.36 bits per heavy atom. The molecule has 3 N–H and O–H groups in total. The molecule has 0 amide bonds. The number of H-pyrrole nitrogens is 1. The summed E-state index contributed by atoms with van der Waals surface area (Å²) in [5.41, 5.74) is -0.815. The minimum absolute atomic E-state index is 0.332. The second-order valence-corrected chi connectivity index (χ2v) is 10.8. The van der Waals surface area contributed by atoms with Gasteiger partial charge >= 0.3 is 5.69 Å². The van der Waals surface area contributed by atoms with Gasteiger partial charge in [0.15, 0.2) is 6.23 Å². The zero-order chi connectivity index (χ0) is 16.7. The molecular weight excluding hydrogens is 307 g/mol. The van der Waals surface area contributed by atoms with Crippen LogP contribution in [-0.4, -0.2) is 63.9 Å². The lowest BCUT2D eigenvalue weighted by atomic mass is 10.1. The van der Waals surface area contributed by atoms with E-state index in [-0.39, 0.29) is 0 Å². The number of nitrogens with one attached hydrogen (secondary N) is 1. The SMILES string of the molecule is C=P(C)(C)CC[C@H]1OC(n2cc(C)c(=O)[nH]c2=O)[C@H](O)[C@@H]1O. The first-order valence-electron chi connectivity index (χ1n) is 7.11. The third-order valence-electron chi connectivity index (χ3n) is 3.78. The maximum Gasteiger partial charge on any atom is 0.330 e. The monoisotopic (exact) mass is 330 g/mol. The zero-order valence-electron chi connectivity index (χ0n) is 13.0. The van der Waals surface area contributed by atoms with E-state index in [4.69, 9.17) is 4.74 Å². The molecule has 1 aliphatic heterocycles. The standard InChI is InChI=1S/C14H23N2O5P/c1-8-7-16(14(20)15-12(8)19)13-11(18)10(17)9(21-13)5-6-22(2,3)4/h7,9-11,13,17-18H,2,5-6H2,1,3-4H3,(H,15,19,20)/t9-,10-,11-,13?/m1/s1. The maximum absolute atomic E-state index is 11.9. The van der Waals surface area contributed by atoms with Crippen LogP contribution in [0.1, 0.15) is 18.2 Å². The van der Waals surface area contributed by atoms with Gasteiger partial charge in [-0.2, -0.15) is 0 Å². The lowest BCUT2D eigenvalue weighted by Gasteiger charge is -2.19. The van der Waals surface area contributed by atoms with Gasteiger partial charge < -0.3 is 14.9 Å². The van der Waals surface area contributed by atoms with Crippen molar-refractivity contribution >= 4 is 13.2 Å². The number of hydrogen-bond donors (Lipinski definition) is 3. The fourth-order valence-corrected chi connectivity index (χ4v) is 3.40. The van der Waals surface area contributed by atoms with Gasteiger partial charge in [0.05, 0.1) is 6.10 Å². The maximum atomic E-state index is 11.9. The largest absolute Gasteiger partial charge is 0.388 e. The van der Waals surface area contributed by atoms with Crippen molar-refractivity contribution < 1.29 is 14.9 Å². The fourth-order valence-electron chi connectivity index (χ4n) is 2.45. The minimum atomic E-state index is -1.27. The highest BCUT2D eigenvalue weighted by molar-refractivity contribution is 7.72. The number of rotatable bonds is 4. The molecule has 0 aliphatic carbocycles. The molecule has 1 aliphatic rings. The Kier molecular flexibility index (Phi) is 4.82. The van der Waals surface area contributed by atoms with E-state index in [0.29, 0.717) is 12.0 Å². The van der Waals surface area contributed by atoms with E-state index >= 15 is 0 Å². The Bertz CT molecular complexity index is 704. The van der Waals surface area contributed by atoms with Crippen molar-refractivity contribution in [1.82, 2.24) is 9.55 Å². The first kappa shape index (κ1) is 17.2. The summed E-state index contributed by atoms with van der Waals surface area (Å²) in [6.07, 6.45) is 2.96. The Morgan fingerprint density at radius 2 is 2.00 bits per heavy atom. The predicted molar refractivity (Wildman–Crippen MR) is 87.4 cm³/mol. The molecule has 0 saturated carbocycles. The van der Waals surface area contributed by atoms with Gasteiger partial charge in [0, 0.05) is 11.8 Å². The molecule has 2 heterocycles. The minimum Gasteiger partial charge on any atom is -0.388 e. The topological polar surface area (TPSA) is 105 Å². The highest BCUT2D eigenvalue weighted by Gasteiger charge is 2.43. The van der Waals surface area contributed by atoms with Gasteiger partial charge in [-0.1, -0.05) is 0 Å². The second-order valence-electron chi connectivity index (χ2n) is 6.47. The van der Waals surface area contributed by atoms with Crippen molar-refractivity contribution in [3.05, 3.63) is 32.6 Å². The molecule has 7 nitrogen and oxygen atoms in total. The number of aryl methyl sites for hydroxylation is 1. The van der Waals surface area contributed by atoms with E-state index in [1.54, 1.807) is 6.92 Å². The number of aliphatic hydroxyl groups is 2. The predicted octanol–water partition coefficient (Wildman–Crippen LogP) is -0.436. The van der Waals surface area contributed by atoms with Gasteiger partial charge in [-0.25, -0.2) is 4.79 Å². The van der Waals surface area contributed by atoms with Crippen molar-refractivity contribution in [2.24, 2.45) is 0 Å². The third kappa shape index (κ3) is 3.60. The first-order chi connectivity index (χ1) is 10.1. The number of hydrogen-bond acceptors (Lipinski definition) is 5. The normalized spacial score (nSPS) is 29.0. The summed E-state index contributed by atoms with van der Waals surface area (Å²) >= 11 is 0. The molecule has 0 radical (unpaired) electrons. The van der Waals surface area contributed by atoms with Crippen LogP contribution in [-0.2, 0) is 4.74 Å². The molecule has 124 valence electrons. The molecule has 2 rings (SSSR count). The van der Waals surface area contributed by atoms with Crippen LogP contribution in [0.5, 0.6) is 0 Å². The van der Waals surface area contributed by atoms with Crippen LogP contribution < -0.4 is 11.2 Å². The fraction of sp³-hybridized carbons (Fsp3) is 0.643. The van der Waals surface area contributed by atoms with E-state index < -0.39 is 42.7 Å². The van der Waals surface area contributed by atoms with Crippen LogP contribution in [0.15, 0.2) is 15.8 Å². The molecule has 0 aromatic carbocycles. The Labute approximate surface area is 128 Å². The molecule has 1 fully saturated rings. The third-order valence-corrected chi connectivity index (χ3v) is 5.25. The van der Waals surface area contributed by atoms with E-state index in [1.165, 1.54) is 6.20 Å². The van der Waals surface area contributed by atoms with Crippen LogP contribution in [0, 0.1) is 6.92 Å².